The summed E-state index contributed by atoms with van der Waals surface area (Å²) < 4.78 is 51.6. The van der Waals surface area contributed by atoms with Gasteiger partial charge in [0, 0.05) is 0 Å². The van der Waals surface area contributed by atoms with Crippen LogP contribution in [0.15, 0.2) is 23.1 Å². The highest BCUT2D eigenvalue weighted by Gasteiger charge is 2.34. The van der Waals surface area contributed by atoms with Crippen LogP contribution in [0.1, 0.15) is 12.8 Å². The standard InChI is InChI=1S/C11H10F2N2O2S/c12-9-4-3-8(5-10(9)13)18(16,17)15-11(6-14)7-1-2-7/h3-5,7,11,15H,1-2H2. The lowest BCUT2D eigenvalue weighted by Crippen LogP contribution is -2.35. The molecule has 7 heteroatoms. The number of halogens is 2. The van der Waals surface area contributed by atoms with Crippen LogP contribution < -0.4 is 4.72 Å². The van der Waals surface area contributed by atoms with E-state index in [-0.39, 0.29) is 10.8 Å². The van der Waals surface area contributed by atoms with E-state index in [0.29, 0.717) is 6.07 Å². The van der Waals surface area contributed by atoms with Crippen molar-refractivity contribution in [3.8, 4) is 6.07 Å². The second-order valence-corrected chi connectivity index (χ2v) is 5.86. The van der Waals surface area contributed by atoms with Crippen LogP contribution in [-0.4, -0.2) is 14.5 Å². The molecule has 0 aromatic heterocycles. The third-order valence-corrected chi connectivity index (χ3v) is 4.15. The first kappa shape index (κ1) is 12.9. The Morgan fingerprint density at radius 1 is 1.33 bits per heavy atom. The molecule has 96 valence electrons. The van der Waals surface area contributed by atoms with Crippen LogP contribution in [0.3, 0.4) is 0 Å². The molecule has 4 nitrogen and oxygen atoms in total. The molecular formula is C11H10F2N2O2S. The predicted molar refractivity (Wildman–Crippen MR) is 58.8 cm³/mol. The molecule has 0 heterocycles. The molecular weight excluding hydrogens is 262 g/mol. The van der Waals surface area contributed by atoms with Gasteiger partial charge in [0.15, 0.2) is 11.6 Å². The highest BCUT2D eigenvalue weighted by Crippen LogP contribution is 2.33. The molecule has 0 bridgehead atoms. The molecule has 1 fully saturated rings. The average molecular weight is 272 g/mol. The molecule has 0 aliphatic heterocycles. The van der Waals surface area contributed by atoms with Gasteiger partial charge in [-0.2, -0.15) is 9.98 Å². The van der Waals surface area contributed by atoms with Crippen molar-refractivity contribution in [2.24, 2.45) is 5.92 Å². The number of nitrogens with zero attached hydrogens (tertiary/aromatic N) is 1. The zero-order chi connectivity index (χ0) is 13.3. The molecule has 1 aromatic carbocycles. The molecule has 1 unspecified atom stereocenters. The Morgan fingerprint density at radius 2 is 2.00 bits per heavy atom. The third kappa shape index (κ3) is 2.66. The molecule has 0 saturated heterocycles. The summed E-state index contributed by atoms with van der Waals surface area (Å²) in [5.74, 6) is -2.35. The Labute approximate surface area is 103 Å². The number of sulfonamides is 1. The maximum absolute atomic E-state index is 13.0. The third-order valence-electron chi connectivity index (χ3n) is 2.72. The molecule has 0 radical (unpaired) electrons. The largest absolute Gasteiger partial charge is 0.241 e. The van der Waals surface area contributed by atoms with Gasteiger partial charge in [-0.15, -0.1) is 0 Å². The lowest BCUT2D eigenvalue weighted by atomic mass is 10.2. The SMILES string of the molecule is N#CC(NS(=O)(=O)c1ccc(F)c(F)c1)C1CC1. The van der Waals surface area contributed by atoms with Gasteiger partial charge in [-0.25, -0.2) is 17.2 Å². The van der Waals surface area contributed by atoms with E-state index in [2.05, 4.69) is 4.72 Å². The van der Waals surface area contributed by atoms with Gasteiger partial charge in [0.05, 0.1) is 11.0 Å². The second kappa shape index (κ2) is 4.63. The van der Waals surface area contributed by atoms with Crippen LogP contribution >= 0.6 is 0 Å². The number of hydrogen-bond acceptors (Lipinski definition) is 3. The Balaban J connectivity index is 2.24. The molecule has 0 spiro atoms. The summed E-state index contributed by atoms with van der Waals surface area (Å²) in [6.45, 7) is 0. The first-order valence-electron chi connectivity index (χ1n) is 5.31. The summed E-state index contributed by atoms with van der Waals surface area (Å²) in [6.07, 6.45) is 1.58. The van der Waals surface area contributed by atoms with E-state index in [1.54, 1.807) is 0 Å². The van der Waals surface area contributed by atoms with Crippen molar-refractivity contribution in [2.45, 2.75) is 23.8 Å². The van der Waals surface area contributed by atoms with Gasteiger partial charge in [0.2, 0.25) is 10.0 Å². The number of rotatable bonds is 4. The Hall–Kier alpha value is -1.52. The minimum atomic E-state index is -4.00. The van der Waals surface area contributed by atoms with E-state index < -0.39 is 27.7 Å². The number of benzene rings is 1. The minimum absolute atomic E-state index is 0.00932. The predicted octanol–water partition coefficient (Wildman–Crippen LogP) is 1.55. The van der Waals surface area contributed by atoms with Crippen LogP contribution in [-0.2, 0) is 10.0 Å². The van der Waals surface area contributed by atoms with Gasteiger partial charge in [0.25, 0.3) is 0 Å². The summed E-state index contributed by atoms with van der Waals surface area (Å²) >= 11 is 0. The fourth-order valence-corrected chi connectivity index (χ4v) is 2.76. The van der Waals surface area contributed by atoms with Crippen molar-refractivity contribution in [1.82, 2.24) is 4.72 Å². The smallest absolute Gasteiger partial charge is 0.207 e. The van der Waals surface area contributed by atoms with Gasteiger partial charge in [-0.1, -0.05) is 0 Å². The van der Waals surface area contributed by atoms with E-state index in [9.17, 15) is 17.2 Å². The molecule has 1 aliphatic rings. The topological polar surface area (TPSA) is 70.0 Å². The summed E-state index contributed by atoms with van der Waals surface area (Å²) in [7, 11) is -4.00. The summed E-state index contributed by atoms with van der Waals surface area (Å²) in [5.41, 5.74) is 0. The van der Waals surface area contributed by atoms with Gasteiger partial charge < -0.3 is 0 Å². The zero-order valence-corrected chi connectivity index (χ0v) is 10.0. The maximum atomic E-state index is 13.0. The minimum Gasteiger partial charge on any atom is -0.207 e. The van der Waals surface area contributed by atoms with Crippen molar-refractivity contribution in [3.05, 3.63) is 29.8 Å². The van der Waals surface area contributed by atoms with Crippen molar-refractivity contribution >= 4 is 10.0 Å². The summed E-state index contributed by atoms with van der Waals surface area (Å²) in [4.78, 5) is -0.387. The van der Waals surface area contributed by atoms with E-state index in [1.165, 1.54) is 0 Å². The second-order valence-electron chi connectivity index (χ2n) is 4.14. The van der Waals surface area contributed by atoms with E-state index in [1.807, 2.05) is 6.07 Å². The Morgan fingerprint density at radius 3 is 2.50 bits per heavy atom. The quantitative estimate of drug-likeness (QED) is 0.904. The maximum Gasteiger partial charge on any atom is 0.241 e. The highest BCUT2D eigenvalue weighted by atomic mass is 32.2. The molecule has 0 amide bonds. The van der Waals surface area contributed by atoms with Crippen molar-refractivity contribution in [1.29, 1.82) is 5.26 Å². The number of hydrogen-bond donors (Lipinski definition) is 1. The van der Waals surface area contributed by atoms with Crippen molar-refractivity contribution in [3.63, 3.8) is 0 Å². The average Bonchev–Trinajstić information content (AvgIpc) is 3.13. The Bertz CT molecular complexity index is 606. The monoisotopic (exact) mass is 272 g/mol. The van der Waals surface area contributed by atoms with Gasteiger partial charge >= 0.3 is 0 Å². The summed E-state index contributed by atoms with van der Waals surface area (Å²) in [6, 6.07) is 3.34. The van der Waals surface area contributed by atoms with E-state index >= 15 is 0 Å². The van der Waals surface area contributed by atoms with Crippen molar-refractivity contribution in [2.75, 3.05) is 0 Å². The van der Waals surface area contributed by atoms with E-state index in [4.69, 9.17) is 5.26 Å². The fraction of sp³-hybridized carbons (Fsp3) is 0.364. The van der Waals surface area contributed by atoms with Gasteiger partial charge in [0.1, 0.15) is 6.04 Å². The first-order valence-corrected chi connectivity index (χ1v) is 6.79. The van der Waals surface area contributed by atoms with Crippen molar-refractivity contribution < 1.29 is 17.2 Å². The van der Waals surface area contributed by atoms with Crippen LogP contribution in [0.4, 0.5) is 8.78 Å². The van der Waals surface area contributed by atoms with Crippen LogP contribution in [0, 0.1) is 28.9 Å². The zero-order valence-electron chi connectivity index (χ0n) is 9.23. The van der Waals surface area contributed by atoms with Gasteiger partial charge in [-0.05, 0) is 37.0 Å². The summed E-state index contributed by atoms with van der Waals surface area (Å²) in [5, 5.41) is 8.83. The number of nitriles is 1. The van der Waals surface area contributed by atoms with Crippen LogP contribution in [0.5, 0.6) is 0 Å². The van der Waals surface area contributed by atoms with Crippen LogP contribution in [0.25, 0.3) is 0 Å². The molecule has 1 N–H and O–H groups in total. The lowest BCUT2D eigenvalue weighted by molar-refractivity contribution is 0.503. The molecule has 1 aromatic rings. The van der Waals surface area contributed by atoms with Gasteiger partial charge in [-0.3, -0.25) is 0 Å². The van der Waals surface area contributed by atoms with Crippen LogP contribution in [0.2, 0.25) is 0 Å². The number of nitrogens with one attached hydrogen (secondary N) is 1. The molecule has 18 heavy (non-hydrogen) atoms. The van der Waals surface area contributed by atoms with E-state index in [0.717, 1.165) is 25.0 Å². The lowest BCUT2D eigenvalue weighted by Gasteiger charge is -2.11. The molecule has 2 rings (SSSR count). The molecule has 1 saturated carbocycles. The highest BCUT2D eigenvalue weighted by molar-refractivity contribution is 7.89. The first-order chi connectivity index (χ1) is 8.44. The Kier molecular flexibility index (Phi) is 3.32. The fourth-order valence-electron chi connectivity index (χ4n) is 1.54. The molecule has 1 atom stereocenters. The molecule has 1 aliphatic carbocycles. The normalized spacial score (nSPS) is 17.2.